The lowest BCUT2D eigenvalue weighted by Gasteiger charge is -2.43. The number of piperazine rings is 1. The number of carbonyl (C=O) groups excluding carboxylic acids is 1. The lowest BCUT2D eigenvalue weighted by Crippen LogP contribution is -2.55. The summed E-state index contributed by atoms with van der Waals surface area (Å²) in [7, 11) is 0. The van der Waals surface area contributed by atoms with E-state index in [4.69, 9.17) is 4.98 Å². The molecule has 0 unspecified atom stereocenters. The summed E-state index contributed by atoms with van der Waals surface area (Å²) in [4.78, 5) is 25.7. The molecule has 1 aromatic heterocycles. The maximum atomic E-state index is 12.8. The third-order valence-corrected chi connectivity index (χ3v) is 7.27. The molecule has 2 fully saturated rings. The van der Waals surface area contributed by atoms with Gasteiger partial charge in [0.25, 0.3) is 0 Å². The van der Waals surface area contributed by atoms with E-state index < -0.39 is 0 Å². The van der Waals surface area contributed by atoms with E-state index in [1.165, 1.54) is 30.3 Å². The molecule has 7 nitrogen and oxygen atoms in total. The predicted molar refractivity (Wildman–Crippen MR) is 127 cm³/mol. The summed E-state index contributed by atoms with van der Waals surface area (Å²) in [6, 6.07) is 0.779. The molecule has 1 aromatic rings. The first-order valence-corrected chi connectivity index (χ1v) is 12.4. The van der Waals surface area contributed by atoms with E-state index in [0.717, 1.165) is 68.1 Å². The molecule has 1 amide bonds. The fraction of sp³-hybridized carbons (Fsp3) is 0.652. The zero-order chi connectivity index (χ0) is 22.2. The summed E-state index contributed by atoms with van der Waals surface area (Å²) < 4.78 is 0. The summed E-state index contributed by atoms with van der Waals surface area (Å²) in [5.41, 5.74) is 1.91. The molecule has 4 rings (SSSR count). The highest BCUT2D eigenvalue weighted by Crippen LogP contribution is 2.30. The van der Waals surface area contributed by atoms with E-state index in [0.29, 0.717) is 6.54 Å². The van der Waals surface area contributed by atoms with Crippen LogP contribution in [0.25, 0.3) is 5.70 Å². The van der Waals surface area contributed by atoms with E-state index in [9.17, 15) is 4.79 Å². The average Bonchev–Trinajstić information content (AvgIpc) is 3.18. The van der Waals surface area contributed by atoms with Crippen molar-refractivity contribution in [3.63, 3.8) is 0 Å². The summed E-state index contributed by atoms with van der Waals surface area (Å²) in [5.74, 6) is 0.264. The van der Waals surface area contributed by atoms with Crippen LogP contribution in [-0.2, 0) is 17.8 Å². The number of nitrogens with zero attached hydrogens (tertiary/aromatic N) is 6. The summed E-state index contributed by atoms with van der Waals surface area (Å²) in [5, 5.41) is 8.94. The first kappa shape index (κ1) is 23.8. The molecule has 0 aromatic carbocycles. The van der Waals surface area contributed by atoms with Gasteiger partial charge in [-0.3, -0.25) is 14.6 Å². The van der Waals surface area contributed by atoms with Crippen molar-refractivity contribution >= 4 is 22.9 Å². The van der Waals surface area contributed by atoms with Gasteiger partial charge in [0.2, 0.25) is 5.91 Å². The smallest absolute Gasteiger partial charge is 0.236 e. The average molecular weight is 445 g/mol. The predicted octanol–water partition coefficient (Wildman–Crippen LogP) is 4.18. The van der Waals surface area contributed by atoms with Crippen molar-refractivity contribution < 1.29 is 4.79 Å². The lowest BCUT2D eigenvalue weighted by molar-refractivity contribution is -0.135. The molecule has 0 spiro atoms. The number of carbonyl (C=O) groups is 1. The number of amides is 1. The Morgan fingerprint density at radius 1 is 1.23 bits per heavy atom. The second kappa shape index (κ2) is 11.6. The van der Waals surface area contributed by atoms with Crippen molar-refractivity contribution in [3.05, 3.63) is 34.4 Å². The SMILES string of the molecule is C=CN=N/C(=C\C)c1nc2c(s1)CN(CC(=O)N1CCN(C3CCC3)CC1)CC2.CC. The van der Waals surface area contributed by atoms with Gasteiger partial charge in [-0.25, -0.2) is 4.98 Å². The van der Waals surface area contributed by atoms with Crippen molar-refractivity contribution in [2.45, 2.75) is 59.0 Å². The number of azo groups is 1. The number of allylic oxidation sites excluding steroid dienone is 1. The van der Waals surface area contributed by atoms with Gasteiger partial charge in [-0.1, -0.05) is 32.9 Å². The molecule has 0 atom stereocenters. The van der Waals surface area contributed by atoms with Crippen LogP contribution >= 0.6 is 11.3 Å². The van der Waals surface area contributed by atoms with Crippen LogP contribution in [-0.4, -0.2) is 70.9 Å². The molecule has 0 bridgehead atoms. The maximum Gasteiger partial charge on any atom is 0.236 e. The van der Waals surface area contributed by atoms with Crippen molar-refractivity contribution in [3.8, 4) is 0 Å². The third kappa shape index (κ3) is 5.87. The molecule has 1 aliphatic carbocycles. The van der Waals surface area contributed by atoms with Gasteiger partial charge < -0.3 is 4.90 Å². The van der Waals surface area contributed by atoms with Crippen LogP contribution in [0.2, 0.25) is 0 Å². The summed E-state index contributed by atoms with van der Waals surface area (Å²) >= 11 is 1.66. The molecule has 0 N–H and O–H groups in total. The minimum Gasteiger partial charge on any atom is -0.339 e. The molecular formula is C23H36N6OS. The van der Waals surface area contributed by atoms with Crippen molar-refractivity contribution in [1.29, 1.82) is 0 Å². The van der Waals surface area contributed by atoms with Crippen molar-refractivity contribution in [2.75, 3.05) is 39.3 Å². The van der Waals surface area contributed by atoms with Crippen molar-refractivity contribution in [2.24, 2.45) is 10.2 Å². The molecule has 8 heteroatoms. The van der Waals surface area contributed by atoms with Crippen LogP contribution < -0.4 is 0 Å². The molecule has 1 saturated carbocycles. The maximum absolute atomic E-state index is 12.8. The molecule has 3 heterocycles. The number of hydrogen-bond acceptors (Lipinski definition) is 7. The standard InChI is InChI=1S/C21H30N6OS.C2H6/c1-3-17(24-22-4-2)21-23-18-8-9-25(14-19(18)29-21)15-20(28)27-12-10-26(11-13-27)16-6-5-7-16;1-2/h3-4,16H,2,5-15H2,1H3;1-2H3/b17-3-,24-22?;. The molecule has 3 aliphatic rings. The molecule has 1 saturated heterocycles. The van der Waals surface area contributed by atoms with Gasteiger partial charge in [0.1, 0.15) is 10.7 Å². The van der Waals surface area contributed by atoms with Crippen LogP contribution in [0.5, 0.6) is 0 Å². The first-order chi connectivity index (χ1) is 15.2. The van der Waals surface area contributed by atoms with E-state index in [1.807, 2.05) is 26.8 Å². The number of aromatic nitrogens is 1. The van der Waals surface area contributed by atoms with Gasteiger partial charge in [-0.05, 0) is 19.8 Å². The van der Waals surface area contributed by atoms with Crippen LogP contribution in [0.15, 0.2) is 29.1 Å². The fourth-order valence-electron chi connectivity index (χ4n) is 4.20. The van der Waals surface area contributed by atoms with Crippen molar-refractivity contribution in [1.82, 2.24) is 19.7 Å². The zero-order valence-corrected chi connectivity index (χ0v) is 20.0. The topological polar surface area (TPSA) is 64.4 Å². The minimum absolute atomic E-state index is 0.264. The Labute approximate surface area is 190 Å². The summed E-state index contributed by atoms with van der Waals surface area (Å²) in [6.45, 7) is 15.5. The number of thiazole rings is 1. The molecule has 31 heavy (non-hydrogen) atoms. The van der Waals surface area contributed by atoms with E-state index >= 15 is 0 Å². The number of fused-ring (bicyclic) bond motifs is 1. The fourth-order valence-corrected chi connectivity index (χ4v) is 5.36. The highest BCUT2D eigenvalue weighted by molar-refractivity contribution is 7.12. The van der Waals surface area contributed by atoms with Crippen LogP contribution in [0, 0.1) is 0 Å². The minimum atomic E-state index is 0.264. The van der Waals surface area contributed by atoms with Crippen LogP contribution in [0.3, 0.4) is 0 Å². The molecular weight excluding hydrogens is 408 g/mol. The molecule has 0 radical (unpaired) electrons. The second-order valence-electron chi connectivity index (χ2n) is 7.92. The monoisotopic (exact) mass is 444 g/mol. The normalized spacial score (nSPS) is 20.7. The van der Waals surface area contributed by atoms with Gasteiger partial charge >= 0.3 is 0 Å². The Morgan fingerprint density at radius 3 is 2.58 bits per heavy atom. The van der Waals surface area contributed by atoms with Gasteiger partial charge in [0, 0.05) is 62.8 Å². The van der Waals surface area contributed by atoms with Gasteiger partial charge in [-0.2, -0.15) is 5.11 Å². The highest BCUT2D eigenvalue weighted by Gasteiger charge is 2.30. The van der Waals surface area contributed by atoms with E-state index in [-0.39, 0.29) is 5.91 Å². The second-order valence-corrected chi connectivity index (χ2v) is 9.01. The Bertz CT molecular complexity index is 805. The highest BCUT2D eigenvalue weighted by atomic mass is 32.1. The van der Waals surface area contributed by atoms with Gasteiger partial charge in [-0.15, -0.1) is 16.5 Å². The molecule has 170 valence electrons. The van der Waals surface area contributed by atoms with Gasteiger partial charge in [0.05, 0.1) is 12.2 Å². The number of hydrogen-bond donors (Lipinski definition) is 0. The van der Waals surface area contributed by atoms with Crippen LogP contribution in [0.1, 0.15) is 55.6 Å². The zero-order valence-electron chi connectivity index (χ0n) is 19.2. The Morgan fingerprint density at radius 2 is 1.97 bits per heavy atom. The Balaban J connectivity index is 0.00000132. The quantitative estimate of drug-likeness (QED) is 0.618. The van der Waals surface area contributed by atoms with Gasteiger partial charge in [0.15, 0.2) is 0 Å². The van der Waals surface area contributed by atoms with E-state index in [2.05, 4.69) is 31.5 Å². The third-order valence-electron chi connectivity index (χ3n) is 6.17. The Hall–Kier alpha value is -1.90. The largest absolute Gasteiger partial charge is 0.339 e. The summed E-state index contributed by atoms with van der Waals surface area (Å²) in [6.07, 6.45) is 8.27. The molecule has 2 aliphatic heterocycles. The van der Waals surface area contributed by atoms with Crippen LogP contribution in [0.4, 0.5) is 0 Å². The Kier molecular flexibility index (Phi) is 8.92. The first-order valence-electron chi connectivity index (χ1n) is 11.6. The lowest BCUT2D eigenvalue weighted by atomic mass is 9.91. The van der Waals surface area contributed by atoms with E-state index in [1.54, 1.807) is 11.3 Å². The number of rotatable bonds is 6.